The molecule has 1 aliphatic heterocycles. The minimum Gasteiger partial charge on any atom is -0.455 e. The maximum atomic E-state index is 11.1. The standard InChI is InChI=1S/C12H18O8/c1-6(13)17-10-9(5-16-4)20-12(19-8(3)15)11(10)18-7(2)14/h9-12H,5H2,1-4H3/t9-,10-,11+,12?/m1/s1. The molecule has 0 aromatic carbocycles. The van der Waals surface area contributed by atoms with Crippen LogP contribution >= 0.6 is 0 Å². The van der Waals surface area contributed by atoms with Gasteiger partial charge in [-0.1, -0.05) is 0 Å². The zero-order chi connectivity index (χ0) is 15.3. The smallest absolute Gasteiger partial charge is 0.305 e. The van der Waals surface area contributed by atoms with Crippen LogP contribution in [0.3, 0.4) is 0 Å². The van der Waals surface area contributed by atoms with E-state index in [0.29, 0.717) is 0 Å². The van der Waals surface area contributed by atoms with Crippen LogP contribution in [-0.4, -0.2) is 56.2 Å². The number of hydrogen-bond acceptors (Lipinski definition) is 8. The van der Waals surface area contributed by atoms with E-state index in [-0.39, 0.29) is 6.61 Å². The van der Waals surface area contributed by atoms with Gasteiger partial charge in [-0.25, -0.2) is 0 Å². The van der Waals surface area contributed by atoms with Crippen molar-refractivity contribution in [1.29, 1.82) is 0 Å². The third-order valence-electron chi connectivity index (χ3n) is 2.48. The average molecular weight is 290 g/mol. The lowest BCUT2D eigenvalue weighted by atomic mass is 10.1. The van der Waals surface area contributed by atoms with E-state index in [4.69, 9.17) is 23.7 Å². The molecule has 1 rings (SSSR count). The van der Waals surface area contributed by atoms with Crippen LogP contribution in [0.25, 0.3) is 0 Å². The lowest BCUT2D eigenvalue weighted by Crippen LogP contribution is -2.41. The molecule has 0 aromatic rings. The average Bonchev–Trinajstić information content (AvgIpc) is 2.57. The van der Waals surface area contributed by atoms with Crippen molar-refractivity contribution in [2.75, 3.05) is 13.7 Å². The van der Waals surface area contributed by atoms with Crippen molar-refractivity contribution in [3.05, 3.63) is 0 Å². The predicted molar refractivity (Wildman–Crippen MR) is 63.4 cm³/mol. The molecule has 8 heteroatoms. The quantitative estimate of drug-likeness (QED) is 0.506. The summed E-state index contributed by atoms with van der Waals surface area (Å²) >= 11 is 0. The monoisotopic (exact) mass is 290 g/mol. The van der Waals surface area contributed by atoms with Gasteiger partial charge < -0.3 is 23.7 Å². The second-order valence-electron chi connectivity index (χ2n) is 4.26. The van der Waals surface area contributed by atoms with Crippen LogP contribution in [0.5, 0.6) is 0 Å². The number of carbonyl (C=O) groups is 3. The molecule has 1 saturated heterocycles. The van der Waals surface area contributed by atoms with Gasteiger partial charge in [0.1, 0.15) is 6.10 Å². The lowest BCUT2D eigenvalue weighted by Gasteiger charge is -2.22. The third kappa shape index (κ3) is 4.46. The second kappa shape index (κ2) is 7.20. The molecule has 0 saturated carbocycles. The zero-order valence-electron chi connectivity index (χ0n) is 11.8. The summed E-state index contributed by atoms with van der Waals surface area (Å²) in [6.45, 7) is 3.69. The number of carbonyl (C=O) groups excluding carboxylic acids is 3. The number of esters is 3. The lowest BCUT2D eigenvalue weighted by molar-refractivity contribution is -0.196. The summed E-state index contributed by atoms with van der Waals surface area (Å²) in [6, 6.07) is 0. The van der Waals surface area contributed by atoms with E-state index >= 15 is 0 Å². The first-order chi connectivity index (χ1) is 9.35. The molecule has 0 aliphatic carbocycles. The Labute approximate surface area is 116 Å². The fourth-order valence-electron chi connectivity index (χ4n) is 1.90. The molecule has 4 atom stereocenters. The van der Waals surface area contributed by atoms with Crippen LogP contribution in [0.15, 0.2) is 0 Å². The van der Waals surface area contributed by atoms with Crippen molar-refractivity contribution in [2.24, 2.45) is 0 Å². The Balaban J connectivity index is 2.92. The van der Waals surface area contributed by atoms with Gasteiger partial charge in [-0.2, -0.15) is 0 Å². The Morgan fingerprint density at radius 3 is 1.85 bits per heavy atom. The van der Waals surface area contributed by atoms with Crippen LogP contribution in [0.2, 0.25) is 0 Å². The normalized spacial score (nSPS) is 28.8. The van der Waals surface area contributed by atoms with Gasteiger partial charge in [0.2, 0.25) is 12.4 Å². The Kier molecular flexibility index (Phi) is 5.90. The van der Waals surface area contributed by atoms with Gasteiger partial charge in [0.25, 0.3) is 0 Å². The van der Waals surface area contributed by atoms with Gasteiger partial charge in [0, 0.05) is 27.9 Å². The topological polar surface area (TPSA) is 97.4 Å². The highest BCUT2D eigenvalue weighted by Gasteiger charge is 2.50. The Morgan fingerprint density at radius 2 is 1.40 bits per heavy atom. The highest BCUT2D eigenvalue weighted by atomic mass is 16.7. The van der Waals surface area contributed by atoms with Crippen LogP contribution in [-0.2, 0) is 38.1 Å². The van der Waals surface area contributed by atoms with Gasteiger partial charge in [-0.3, -0.25) is 14.4 Å². The molecular formula is C12H18O8. The molecule has 114 valence electrons. The summed E-state index contributed by atoms with van der Waals surface area (Å²) in [4.78, 5) is 33.3. The Morgan fingerprint density at radius 1 is 0.900 bits per heavy atom. The van der Waals surface area contributed by atoms with Crippen molar-refractivity contribution in [1.82, 2.24) is 0 Å². The highest BCUT2D eigenvalue weighted by molar-refractivity contribution is 5.68. The zero-order valence-corrected chi connectivity index (χ0v) is 11.8. The van der Waals surface area contributed by atoms with Crippen molar-refractivity contribution < 1.29 is 38.1 Å². The van der Waals surface area contributed by atoms with Crippen LogP contribution in [0.1, 0.15) is 20.8 Å². The number of ether oxygens (including phenoxy) is 5. The van der Waals surface area contributed by atoms with Gasteiger partial charge in [0.15, 0.2) is 6.10 Å². The first-order valence-electron chi connectivity index (χ1n) is 6.01. The molecule has 0 amide bonds. The second-order valence-corrected chi connectivity index (χ2v) is 4.26. The molecule has 20 heavy (non-hydrogen) atoms. The molecule has 0 bridgehead atoms. The van der Waals surface area contributed by atoms with Crippen LogP contribution < -0.4 is 0 Å². The Bertz CT molecular complexity index is 380. The van der Waals surface area contributed by atoms with E-state index in [0.717, 1.165) is 0 Å². The fourth-order valence-corrected chi connectivity index (χ4v) is 1.90. The van der Waals surface area contributed by atoms with E-state index in [2.05, 4.69) is 0 Å². The molecule has 0 spiro atoms. The molecule has 1 aliphatic rings. The van der Waals surface area contributed by atoms with Crippen molar-refractivity contribution >= 4 is 17.9 Å². The first-order valence-corrected chi connectivity index (χ1v) is 6.01. The molecule has 0 N–H and O–H groups in total. The van der Waals surface area contributed by atoms with Crippen molar-refractivity contribution in [3.8, 4) is 0 Å². The van der Waals surface area contributed by atoms with Crippen molar-refractivity contribution in [2.45, 2.75) is 45.4 Å². The molecular weight excluding hydrogens is 272 g/mol. The van der Waals surface area contributed by atoms with E-state index in [9.17, 15) is 14.4 Å². The largest absolute Gasteiger partial charge is 0.455 e. The maximum Gasteiger partial charge on any atom is 0.305 e. The Hall–Kier alpha value is -1.67. The van der Waals surface area contributed by atoms with Crippen LogP contribution in [0, 0.1) is 0 Å². The molecule has 1 unspecified atom stereocenters. The van der Waals surface area contributed by atoms with Crippen LogP contribution in [0.4, 0.5) is 0 Å². The van der Waals surface area contributed by atoms with E-state index in [1.54, 1.807) is 0 Å². The van der Waals surface area contributed by atoms with E-state index < -0.39 is 42.5 Å². The summed E-state index contributed by atoms with van der Waals surface area (Å²) in [6.07, 6.45) is -3.76. The highest BCUT2D eigenvalue weighted by Crippen LogP contribution is 2.28. The summed E-state index contributed by atoms with van der Waals surface area (Å²) in [7, 11) is 1.44. The summed E-state index contributed by atoms with van der Waals surface area (Å²) in [5, 5.41) is 0. The van der Waals surface area contributed by atoms with Crippen molar-refractivity contribution in [3.63, 3.8) is 0 Å². The molecule has 1 fully saturated rings. The van der Waals surface area contributed by atoms with E-state index in [1.807, 2.05) is 0 Å². The number of hydrogen-bond donors (Lipinski definition) is 0. The van der Waals surface area contributed by atoms with Gasteiger partial charge in [0.05, 0.1) is 6.61 Å². The number of methoxy groups -OCH3 is 1. The fraction of sp³-hybridized carbons (Fsp3) is 0.750. The third-order valence-corrected chi connectivity index (χ3v) is 2.48. The minimum absolute atomic E-state index is 0.0908. The SMILES string of the molecule is COC[C@H]1OC(OC(C)=O)[C@@H](OC(C)=O)[C@@H]1OC(C)=O. The molecule has 0 radical (unpaired) electrons. The first kappa shape index (κ1) is 16.4. The predicted octanol–water partition coefficient (Wildman–Crippen LogP) is -0.216. The minimum atomic E-state index is -1.14. The summed E-state index contributed by atoms with van der Waals surface area (Å²) in [5.41, 5.74) is 0. The summed E-state index contributed by atoms with van der Waals surface area (Å²) < 4.78 is 25.4. The summed E-state index contributed by atoms with van der Waals surface area (Å²) in [5.74, 6) is -1.78. The maximum absolute atomic E-state index is 11.1. The van der Waals surface area contributed by atoms with Gasteiger partial charge >= 0.3 is 17.9 Å². The molecule has 0 aromatic heterocycles. The molecule has 8 nitrogen and oxygen atoms in total. The molecule has 1 heterocycles. The number of rotatable bonds is 5. The van der Waals surface area contributed by atoms with Gasteiger partial charge in [-0.15, -0.1) is 0 Å². The van der Waals surface area contributed by atoms with E-state index in [1.165, 1.54) is 27.9 Å². The van der Waals surface area contributed by atoms with Gasteiger partial charge in [-0.05, 0) is 0 Å².